The smallest absolute Gasteiger partial charge is 0.165 e. The molecule has 0 radical (unpaired) electrons. The second kappa shape index (κ2) is 5.53. The van der Waals surface area contributed by atoms with Crippen LogP contribution in [0.5, 0.6) is 0 Å². The molecule has 0 saturated carbocycles. The third-order valence-corrected chi connectivity index (χ3v) is 3.46. The summed E-state index contributed by atoms with van der Waals surface area (Å²) in [4.78, 5) is 4.22. The highest BCUT2D eigenvalue weighted by Crippen LogP contribution is 2.25. The molecule has 3 N–H and O–H groups in total. The van der Waals surface area contributed by atoms with Crippen LogP contribution in [0.15, 0.2) is 12.1 Å². The second-order valence-corrected chi connectivity index (χ2v) is 4.21. The van der Waals surface area contributed by atoms with Crippen LogP contribution >= 0.6 is 0 Å². The summed E-state index contributed by atoms with van der Waals surface area (Å²) in [5.41, 5.74) is 6.41. The topological polar surface area (TPSA) is 74.7 Å². The highest BCUT2D eigenvalue weighted by Gasteiger charge is 2.23. The molecule has 1 aromatic rings. The van der Waals surface area contributed by atoms with Gasteiger partial charge in [-0.1, -0.05) is 20.8 Å². The summed E-state index contributed by atoms with van der Waals surface area (Å²) in [6, 6.07) is 5.55. The van der Waals surface area contributed by atoms with Crippen LogP contribution < -0.4 is 11.1 Å². The number of nitrogens with zero attached hydrogens (tertiary/aromatic N) is 2. The van der Waals surface area contributed by atoms with E-state index in [-0.39, 0.29) is 11.2 Å². The molecule has 0 spiro atoms. The summed E-state index contributed by atoms with van der Waals surface area (Å²) in [6.07, 6.45) is 3.07. The predicted molar refractivity (Wildman–Crippen MR) is 70.6 cm³/mol. The normalized spacial score (nSPS) is 10.9. The van der Waals surface area contributed by atoms with Crippen molar-refractivity contribution >= 4 is 11.5 Å². The third kappa shape index (κ3) is 2.88. The molecule has 0 aliphatic rings. The number of hydrogen-bond donors (Lipinski definition) is 2. The molecule has 0 atom stereocenters. The predicted octanol–water partition coefficient (Wildman–Crippen LogP) is 2.92. The molecule has 0 amide bonds. The zero-order chi connectivity index (χ0) is 12.9. The van der Waals surface area contributed by atoms with Gasteiger partial charge in [-0.15, -0.1) is 0 Å². The van der Waals surface area contributed by atoms with Gasteiger partial charge in [-0.2, -0.15) is 5.26 Å². The SMILES string of the molecule is CCC(CC)(CC)Nc1ccc(N)c(C#N)n1. The fourth-order valence-corrected chi connectivity index (χ4v) is 1.92. The lowest BCUT2D eigenvalue weighted by Crippen LogP contribution is -2.36. The summed E-state index contributed by atoms with van der Waals surface area (Å²) in [5.74, 6) is 0.723. The fourth-order valence-electron chi connectivity index (χ4n) is 1.92. The Morgan fingerprint density at radius 3 is 2.35 bits per heavy atom. The molecule has 1 rings (SSSR count). The molecular formula is C13H20N4. The number of nitrogen functional groups attached to an aromatic ring is 1. The first-order valence-electron chi connectivity index (χ1n) is 6.05. The standard InChI is InChI=1S/C13H20N4/c1-4-13(5-2,6-3)17-12-8-7-10(15)11(9-14)16-12/h7-8H,4-6,15H2,1-3H3,(H,16,17). The van der Waals surface area contributed by atoms with Crippen molar-refractivity contribution in [3.05, 3.63) is 17.8 Å². The van der Waals surface area contributed by atoms with Gasteiger partial charge in [0.15, 0.2) is 5.69 Å². The van der Waals surface area contributed by atoms with Crippen LogP contribution in [0.4, 0.5) is 11.5 Å². The van der Waals surface area contributed by atoms with Gasteiger partial charge >= 0.3 is 0 Å². The Morgan fingerprint density at radius 1 is 1.29 bits per heavy atom. The molecule has 0 aromatic carbocycles. The maximum atomic E-state index is 8.89. The maximum Gasteiger partial charge on any atom is 0.165 e. The molecule has 0 aliphatic heterocycles. The van der Waals surface area contributed by atoms with Crippen molar-refractivity contribution in [3.63, 3.8) is 0 Å². The first-order chi connectivity index (χ1) is 8.10. The van der Waals surface area contributed by atoms with Crippen LogP contribution in [0.2, 0.25) is 0 Å². The number of pyridine rings is 1. The molecule has 0 saturated heterocycles. The molecule has 1 heterocycles. The Hall–Kier alpha value is -1.76. The minimum absolute atomic E-state index is 0.0514. The molecule has 0 unspecified atom stereocenters. The van der Waals surface area contributed by atoms with Crippen molar-refractivity contribution in [1.29, 1.82) is 5.26 Å². The van der Waals surface area contributed by atoms with Gasteiger partial charge in [0, 0.05) is 5.54 Å². The summed E-state index contributed by atoms with van der Waals surface area (Å²) >= 11 is 0. The molecule has 0 aliphatic carbocycles. The number of nitrogens with two attached hydrogens (primary N) is 1. The Morgan fingerprint density at radius 2 is 1.88 bits per heavy atom. The Bertz CT molecular complexity index is 408. The van der Waals surface area contributed by atoms with Gasteiger partial charge in [-0.25, -0.2) is 4.98 Å². The zero-order valence-corrected chi connectivity index (χ0v) is 10.7. The lowest BCUT2D eigenvalue weighted by Gasteiger charge is -2.32. The van der Waals surface area contributed by atoms with E-state index >= 15 is 0 Å². The highest BCUT2D eigenvalue weighted by molar-refractivity contribution is 5.55. The second-order valence-electron chi connectivity index (χ2n) is 4.21. The van der Waals surface area contributed by atoms with Gasteiger partial charge in [-0.05, 0) is 31.4 Å². The van der Waals surface area contributed by atoms with Crippen molar-refractivity contribution < 1.29 is 0 Å². The van der Waals surface area contributed by atoms with E-state index in [4.69, 9.17) is 11.0 Å². The van der Waals surface area contributed by atoms with Crippen molar-refractivity contribution in [2.45, 2.75) is 45.6 Å². The van der Waals surface area contributed by atoms with E-state index in [0.29, 0.717) is 5.69 Å². The number of rotatable bonds is 5. The number of aromatic nitrogens is 1. The monoisotopic (exact) mass is 232 g/mol. The molecule has 4 nitrogen and oxygen atoms in total. The van der Waals surface area contributed by atoms with Gasteiger partial charge in [0.25, 0.3) is 0 Å². The summed E-state index contributed by atoms with van der Waals surface area (Å²) < 4.78 is 0. The summed E-state index contributed by atoms with van der Waals surface area (Å²) in [7, 11) is 0. The van der Waals surface area contributed by atoms with E-state index in [0.717, 1.165) is 25.1 Å². The number of hydrogen-bond acceptors (Lipinski definition) is 4. The zero-order valence-electron chi connectivity index (χ0n) is 10.7. The van der Waals surface area contributed by atoms with Crippen LogP contribution in [0.1, 0.15) is 45.7 Å². The molecule has 4 heteroatoms. The minimum atomic E-state index is 0.0514. The van der Waals surface area contributed by atoms with E-state index in [1.165, 1.54) is 0 Å². The number of nitrogens with one attached hydrogen (secondary N) is 1. The van der Waals surface area contributed by atoms with Crippen LogP contribution in [0.3, 0.4) is 0 Å². The average Bonchev–Trinajstić information content (AvgIpc) is 2.38. The van der Waals surface area contributed by atoms with E-state index in [1.54, 1.807) is 6.07 Å². The van der Waals surface area contributed by atoms with Crippen LogP contribution in [0.25, 0.3) is 0 Å². The molecular weight excluding hydrogens is 212 g/mol. The van der Waals surface area contributed by atoms with E-state index in [9.17, 15) is 0 Å². The van der Waals surface area contributed by atoms with Gasteiger partial charge in [-0.3, -0.25) is 0 Å². The Balaban J connectivity index is 2.99. The summed E-state index contributed by atoms with van der Waals surface area (Å²) in [5, 5.41) is 12.3. The Labute approximate surface area is 103 Å². The van der Waals surface area contributed by atoms with Crippen molar-refractivity contribution in [3.8, 4) is 6.07 Å². The maximum absolute atomic E-state index is 8.89. The molecule has 17 heavy (non-hydrogen) atoms. The Kier molecular flexibility index (Phi) is 4.33. The van der Waals surface area contributed by atoms with Crippen LogP contribution in [0, 0.1) is 11.3 Å². The van der Waals surface area contributed by atoms with E-state index in [1.807, 2.05) is 12.1 Å². The van der Waals surface area contributed by atoms with Crippen molar-refractivity contribution in [1.82, 2.24) is 4.98 Å². The average molecular weight is 232 g/mol. The minimum Gasteiger partial charge on any atom is -0.396 e. The van der Waals surface area contributed by atoms with Gasteiger partial charge in [0.1, 0.15) is 11.9 Å². The van der Waals surface area contributed by atoms with E-state index in [2.05, 4.69) is 31.1 Å². The largest absolute Gasteiger partial charge is 0.396 e. The first-order valence-corrected chi connectivity index (χ1v) is 6.05. The number of nitriles is 1. The van der Waals surface area contributed by atoms with Crippen LogP contribution in [-0.4, -0.2) is 10.5 Å². The quantitative estimate of drug-likeness (QED) is 0.818. The first kappa shape index (κ1) is 13.3. The fraction of sp³-hybridized carbons (Fsp3) is 0.538. The van der Waals surface area contributed by atoms with Crippen molar-refractivity contribution in [2.24, 2.45) is 0 Å². The third-order valence-electron chi connectivity index (χ3n) is 3.46. The molecule has 1 aromatic heterocycles. The summed E-state index contributed by atoms with van der Waals surface area (Å²) in [6.45, 7) is 6.47. The van der Waals surface area contributed by atoms with E-state index < -0.39 is 0 Å². The molecule has 0 bridgehead atoms. The number of anilines is 2. The van der Waals surface area contributed by atoms with Crippen molar-refractivity contribution in [2.75, 3.05) is 11.1 Å². The van der Waals surface area contributed by atoms with Gasteiger partial charge in [0.05, 0.1) is 5.69 Å². The van der Waals surface area contributed by atoms with Gasteiger partial charge < -0.3 is 11.1 Å². The van der Waals surface area contributed by atoms with Crippen LogP contribution in [-0.2, 0) is 0 Å². The molecule has 0 fully saturated rings. The molecule has 92 valence electrons. The lowest BCUT2D eigenvalue weighted by atomic mass is 9.90. The highest BCUT2D eigenvalue weighted by atomic mass is 15.1. The van der Waals surface area contributed by atoms with Gasteiger partial charge in [0.2, 0.25) is 0 Å². The lowest BCUT2D eigenvalue weighted by molar-refractivity contribution is 0.419.